The lowest BCUT2D eigenvalue weighted by molar-refractivity contribution is -0.440. The third-order valence-corrected chi connectivity index (χ3v) is 7.25. The third-order valence-electron chi connectivity index (χ3n) is 7.25. The number of rotatable bonds is 16. The molecule has 0 saturated heterocycles. The monoisotopic (exact) mass is 858 g/mol. The Bertz CT molecular complexity index is 1570. The molecule has 1 rings (SSSR count). The van der Waals surface area contributed by atoms with Crippen LogP contribution in [0.25, 0.3) is 0 Å². The molecule has 0 aliphatic heterocycles. The lowest BCUT2D eigenvalue weighted by Crippen LogP contribution is -2.70. The van der Waals surface area contributed by atoms with E-state index in [1.807, 2.05) is 0 Å². The number of aryl methyl sites for hydroxylation is 1. The first kappa shape index (κ1) is 48.4. The fraction of sp³-hybridized carbons (Fsp3) is 0.667. The number of hydrogen-bond donors (Lipinski definition) is 2. The number of carboxylic acid groups (broad SMARTS) is 2. The molecular formula is C24H12F26O4. The van der Waals surface area contributed by atoms with Crippen molar-refractivity contribution in [2.45, 2.75) is 97.3 Å². The van der Waals surface area contributed by atoms with Crippen LogP contribution in [-0.2, 0) is 12.8 Å². The molecule has 4 nitrogen and oxygen atoms in total. The van der Waals surface area contributed by atoms with Crippen LogP contribution >= 0.6 is 0 Å². The molecule has 0 bridgehead atoms. The van der Waals surface area contributed by atoms with E-state index in [0.717, 1.165) is 0 Å². The molecule has 54 heavy (non-hydrogen) atoms. The summed E-state index contributed by atoms with van der Waals surface area (Å²) in [6.07, 6.45) is -27.6. The van der Waals surface area contributed by atoms with E-state index >= 15 is 0 Å². The predicted molar refractivity (Wildman–Crippen MR) is 119 cm³/mol. The zero-order valence-electron chi connectivity index (χ0n) is 24.5. The first-order chi connectivity index (χ1) is 23.3. The van der Waals surface area contributed by atoms with Crippen LogP contribution in [0, 0.1) is 0 Å². The van der Waals surface area contributed by atoms with Crippen molar-refractivity contribution in [3.05, 3.63) is 34.4 Å². The first-order valence-corrected chi connectivity index (χ1v) is 12.8. The van der Waals surface area contributed by atoms with Gasteiger partial charge in [-0.3, -0.25) is 0 Å². The SMILES string of the molecule is O=C(O)c1ccc(CCC(F)(F)C(F)(F)C(F)(F)C(F)(F)C(F)(F)C(F)(F)F)c(CCC(F)(F)C(F)(F)C(F)(F)C(F)(F)C(F)(F)C(F)(F)F)c1C(=O)O. The van der Waals surface area contributed by atoms with Gasteiger partial charge in [-0.1, -0.05) is 6.07 Å². The Morgan fingerprint density at radius 1 is 0.407 bits per heavy atom. The van der Waals surface area contributed by atoms with Crippen molar-refractivity contribution in [2.75, 3.05) is 0 Å². The van der Waals surface area contributed by atoms with Crippen LogP contribution in [-0.4, -0.2) is 93.7 Å². The Balaban J connectivity index is 3.85. The lowest BCUT2D eigenvalue weighted by atomic mass is 9.85. The van der Waals surface area contributed by atoms with Gasteiger partial charge in [0.2, 0.25) is 0 Å². The average molecular weight is 858 g/mol. The van der Waals surface area contributed by atoms with Crippen molar-refractivity contribution in [1.29, 1.82) is 0 Å². The van der Waals surface area contributed by atoms with Gasteiger partial charge >= 0.3 is 83.5 Å². The van der Waals surface area contributed by atoms with Gasteiger partial charge < -0.3 is 10.2 Å². The minimum atomic E-state index is -8.47. The molecule has 314 valence electrons. The predicted octanol–water partition coefficient (Wildman–Crippen LogP) is 10.4. The lowest BCUT2D eigenvalue weighted by Gasteiger charge is -2.40. The summed E-state index contributed by atoms with van der Waals surface area (Å²) in [5, 5.41) is 18.4. The van der Waals surface area contributed by atoms with Crippen LogP contribution in [0.15, 0.2) is 12.1 Å². The number of alkyl halides is 26. The number of aromatic carboxylic acids is 2. The van der Waals surface area contributed by atoms with E-state index in [2.05, 4.69) is 0 Å². The quantitative estimate of drug-likeness (QED) is 0.162. The minimum absolute atomic E-state index is 0.145. The number of benzene rings is 1. The Labute approximate surface area is 278 Å². The minimum Gasteiger partial charge on any atom is -0.478 e. The number of carbonyl (C=O) groups is 2. The Morgan fingerprint density at radius 2 is 0.704 bits per heavy atom. The van der Waals surface area contributed by atoms with Crippen molar-refractivity contribution in [2.24, 2.45) is 0 Å². The van der Waals surface area contributed by atoms with Crippen LogP contribution < -0.4 is 0 Å². The van der Waals surface area contributed by atoms with Crippen molar-refractivity contribution in [3.8, 4) is 0 Å². The third kappa shape index (κ3) is 7.12. The summed E-state index contributed by atoms with van der Waals surface area (Å²) < 4.78 is 349. The molecule has 0 spiro atoms. The van der Waals surface area contributed by atoms with Gasteiger partial charge in [0.05, 0.1) is 11.1 Å². The van der Waals surface area contributed by atoms with Gasteiger partial charge in [0, 0.05) is 12.8 Å². The van der Waals surface area contributed by atoms with Crippen molar-refractivity contribution in [1.82, 2.24) is 0 Å². The van der Waals surface area contributed by atoms with Gasteiger partial charge in [0.25, 0.3) is 0 Å². The van der Waals surface area contributed by atoms with Crippen molar-refractivity contribution < 1.29 is 134 Å². The highest BCUT2D eigenvalue weighted by molar-refractivity contribution is 6.03. The molecule has 2 N–H and O–H groups in total. The highest BCUT2D eigenvalue weighted by atomic mass is 19.4. The van der Waals surface area contributed by atoms with E-state index in [0.29, 0.717) is 0 Å². The van der Waals surface area contributed by atoms with E-state index in [-0.39, 0.29) is 12.1 Å². The molecule has 0 aromatic heterocycles. The van der Waals surface area contributed by atoms with Gasteiger partial charge in [-0.25, -0.2) is 9.59 Å². The molecule has 30 heteroatoms. The van der Waals surface area contributed by atoms with Crippen LogP contribution in [0.2, 0.25) is 0 Å². The molecule has 0 aliphatic carbocycles. The summed E-state index contributed by atoms with van der Waals surface area (Å²) >= 11 is 0. The molecule has 0 fully saturated rings. The Hall–Kier alpha value is -3.66. The first-order valence-electron chi connectivity index (χ1n) is 12.8. The average Bonchev–Trinajstić information content (AvgIpc) is 2.96. The van der Waals surface area contributed by atoms with E-state index < -0.39 is 131 Å². The maximum atomic E-state index is 14.4. The molecular weight excluding hydrogens is 846 g/mol. The summed E-state index contributed by atoms with van der Waals surface area (Å²) in [4.78, 5) is 23.1. The highest BCUT2D eigenvalue weighted by Crippen LogP contribution is 2.62. The Morgan fingerprint density at radius 3 is 0.981 bits per heavy atom. The highest BCUT2D eigenvalue weighted by Gasteiger charge is 2.92. The molecule has 0 saturated carbocycles. The van der Waals surface area contributed by atoms with E-state index in [1.54, 1.807) is 0 Å². The summed E-state index contributed by atoms with van der Waals surface area (Å²) in [6.45, 7) is 0. The molecule has 1 aromatic carbocycles. The van der Waals surface area contributed by atoms with Gasteiger partial charge in [-0.15, -0.1) is 0 Å². The van der Waals surface area contributed by atoms with E-state index in [1.165, 1.54) is 0 Å². The van der Waals surface area contributed by atoms with E-state index in [9.17, 15) is 129 Å². The van der Waals surface area contributed by atoms with E-state index in [4.69, 9.17) is 5.11 Å². The molecule has 1 aromatic rings. The fourth-order valence-corrected chi connectivity index (χ4v) is 4.12. The van der Waals surface area contributed by atoms with Gasteiger partial charge in [0.15, 0.2) is 0 Å². The summed E-state index contributed by atoms with van der Waals surface area (Å²) in [6, 6.07) is -0.346. The van der Waals surface area contributed by atoms with Crippen molar-refractivity contribution >= 4 is 11.9 Å². The maximum absolute atomic E-state index is 14.4. The van der Waals surface area contributed by atoms with Crippen LogP contribution in [0.5, 0.6) is 0 Å². The Kier molecular flexibility index (Phi) is 12.1. The molecule has 0 radical (unpaired) electrons. The van der Waals surface area contributed by atoms with Crippen LogP contribution in [0.4, 0.5) is 114 Å². The van der Waals surface area contributed by atoms with Gasteiger partial charge in [0.1, 0.15) is 0 Å². The van der Waals surface area contributed by atoms with Crippen LogP contribution in [0.1, 0.15) is 44.7 Å². The molecule has 0 unspecified atom stereocenters. The number of hydrogen-bond acceptors (Lipinski definition) is 2. The summed E-state index contributed by atoms with van der Waals surface area (Å²) in [7, 11) is 0. The smallest absolute Gasteiger partial charge is 0.460 e. The van der Waals surface area contributed by atoms with Gasteiger partial charge in [-0.2, -0.15) is 114 Å². The van der Waals surface area contributed by atoms with Crippen molar-refractivity contribution in [3.63, 3.8) is 0 Å². The van der Waals surface area contributed by atoms with Crippen LogP contribution in [0.3, 0.4) is 0 Å². The molecule has 0 heterocycles. The molecule has 0 amide bonds. The maximum Gasteiger partial charge on any atom is 0.460 e. The summed E-state index contributed by atoms with van der Waals surface area (Å²) in [5.41, 5.74) is -7.83. The second-order valence-corrected chi connectivity index (χ2v) is 10.7. The normalized spacial score (nSPS) is 15.4. The zero-order valence-corrected chi connectivity index (χ0v) is 24.5. The topological polar surface area (TPSA) is 74.6 Å². The molecule has 0 aliphatic rings. The number of halogens is 26. The largest absolute Gasteiger partial charge is 0.478 e. The standard InChI is InChI=1S/C24H12F26O4/c25-13(26,15(29,30)17(33,34)19(37,38)21(41,42)23(45,46)47)5-3-7-1-2-9(11(51)52)10(12(53)54)8(7)4-6-14(27,28)16(31,32)18(35,36)20(39,40)22(43,44)24(48,49)50/h1-2H,3-6H2,(H,51,52)(H,53,54). The second-order valence-electron chi connectivity index (χ2n) is 10.7. The summed E-state index contributed by atoms with van der Waals surface area (Å²) in [5.74, 6) is -85.8. The molecule has 0 atom stereocenters. The fourth-order valence-electron chi connectivity index (χ4n) is 4.12. The second kappa shape index (κ2) is 13.5. The number of carboxylic acids is 2. The zero-order chi connectivity index (χ0) is 43.7. The van der Waals surface area contributed by atoms with Gasteiger partial charge in [-0.05, 0) is 30.0 Å².